The van der Waals surface area contributed by atoms with Gasteiger partial charge in [-0.3, -0.25) is 5.32 Å². The zero-order valence-corrected chi connectivity index (χ0v) is 27.5. The molecule has 0 saturated carbocycles. The van der Waals surface area contributed by atoms with E-state index in [1.807, 2.05) is 12.1 Å². The van der Waals surface area contributed by atoms with Crippen molar-refractivity contribution in [1.82, 2.24) is 15.2 Å². The van der Waals surface area contributed by atoms with E-state index in [1.165, 1.54) is 10.8 Å². The van der Waals surface area contributed by atoms with Gasteiger partial charge >= 0.3 is 0 Å². The van der Waals surface area contributed by atoms with Crippen molar-refractivity contribution in [3.63, 3.8) is 0 Å². The van der Waals surface area contributed by atoms with Crippen LogP contribution in [0.25, 0.3) is 82.1 Å². The normalized spacial score (nSPS) is 18.2. The number of fused-ring (bicyclic) bond motifs is 10. The average molecular weight is 660 g/mol. The highest BCUT2D eigenvalue weighted by Crippen LogP contribution is 2.46. The molecule has 1 fully saturated rings. The Morgan fingerprint density at radius 3 is 1.90 bits per heavy atom. The summed E-state index contributed by atoms with van der Waals surface area (Å²) in [7, 11) is 0. The lowest BCUT2D eigenvalue weighted by atomic mass is 10.0. The first kappa shape index (κ1) is 28.6. The molecule has 0 bridgehead atoms. The van der Waals surface area contributed by atoms with E-state index in [-0.39, 0.29) is 18.6 Å². The fraction of sp³-hybridized carbons (Fsp3) is 0.0667. The van der Waals surface area contributed by atoms with Crippen LogP contribution in [0.3, 0.4) is 0 Å². The third kappa shape index (κ3) is 4.34. The molecule has 1 aliphatic heterocycles. The van der Waals surface area contributed by atoms with Crippen molar-refractivity contribution in [2.45, 2.75) is 18.6 Å². The zero-order chi connectivity index (χ0) is 33.5. The van der Waals surface area contributed by atoms with E-state index >= 15 is 0 Å². The summed E-state index contributed by atoms with van der Waals surface area (Å²) in [6, 6.07) is 55.1. The Labute approximate surface area is 292 Å². The third-order valence-electron chi connectivity index (χ3n) is 10.5. The van der Waals surface area contributed by atoms with Crippen LogP contribution in [0.15, 0.2) is 167 Å². The van der Waals surface area contributed by atoms with Gasteiger partial charge in [-0.25, -0.2) is 0 Å². The molecule has 10 aromatic rings. The number of aromatic nitrogens is 1. The van der Waals surface area contributed by atoms with Crippen molar-refractivity contribution in [3.8, 4) is 11.1 Å². The molecule has 1 aliphatic rings. The number of nitrogens with one attached hydrogen (secondary N) is 2. The third-order valence-corrected chi connectivity index (χ3v) is 10.5. The van der Waals surface area contributed by atoms with E-state index in [0.717, 1.165) is 77.2 Å². The van der Waals surface area contributed by atoms with Crippen LogP contribution in [0, 0.1) is 0 Å². The quantitative estimate of drug-likeness (QED) is 0.197. The van der Waals surface area contributed by atoms with Crippen molar-refractivity contribution in [1.29, 1.82) is 0 Å². The van der Waals surface area contributed by atoms with Crippen LogP contribution in [0.4, 0.5) is 0 Å². The van der Waals surface area contributed by atoms with E-state index in [1.54, 1.807) is 0 Å². The number of furan rings is 2. The Morgan fingerprint density at radius 2 is 1.12 bits per heavy atom. The van der Waals surface area contributed by atoms with Crippen molar-refractivity contribution in [2.24, 2.45) is 0 Å². The topological polar surface area (TPSA) is 69.4 Å². The molecule has 244 valence electrons. The number of para-hydroxylation sites is 3. The van der Waals surface area contributed by atoms with Gasteiger partial charge in [-0.15, -0.1) is 0 Å². The lowest BCUT2D eigenvalue weighted by molar-refractivity contribution is 0.275. The molecule has 51 heavy (non-hydrogen) atoms. The highest BCUT2D eigenvalue weighted by molar-refractivity contribution is 6.20. The Hall–Kier alpha value is -6.18. The van der Waals surface area contributed by atoms with Crippen LogP contribution in [0.5, 0.6) is 0 Å². The Balaban J connectivity index is 1.10. The first-order chi connectivity index (χ1) is 25.3. The molecule has 4 heterocycles. The van der Waals surface area contributed by atoms with Crippen LogP contribution < -0.4 is 10.6 Å². The number of hydrogen-bond donors (Lipinski definition) is 2. The number of rotatable bonds is 4. The predicted molar refractivity (Wildman–Crippen MR) is 206 cm³/mol. The molecule has 3 atom stereocenters. The van der Waals surface area contributed by atoms with Gasteiger partial charge in [0.1, 0.15) is 11.2 Å². The Morgan fingerprint density at radius 1 is 0.490 bits per heavy atom. The average Bonchev–Trinajstić information content (AvgIpc) is 3.88. The lowest BCUT2D eigenvalue weighted by Gasteiger charge is -2.51. The molecule has 0 aliphatic carbocycles. The maximum atomic E-state index is 6.74. The highest BCUT2D eigenvalue weighted by Gasteiger charge is 2.27. The van der Waals surface area contributed by atoms with E-state index in [2.05, 4.69) is 161 Å². The summed E-state index contributed by atoms with van der Waals surface area (Å²) < 4.78 is 15.8. The molecule has 0 radical (unpaired) electrons. The van der Waals surface area contributed by atoms with Gasteiger partial charge in [-0.05, 0) is 53.3 Å². The zero-order valence-electron chi connectivity index (χ0n) is 27.5. The van der Waals surface area contributed by atoms with Crippen LogP contribution in [0.1, 0.15) is 29.7 Å². The lowest BCUT2D eigenvalue weighted by Crippen LogP contribution is -2.46. The van der Waals surface area contributed by atoms with Gasteiger partial charge in [-0.2, -0.15) is 0 Å². The molecule has 6 heteroatoms. The van der Waals surface area contributed by atoms with Crippen molar-refractivity contribution < 1.29 is 8.83 Å². The summed E-state index contributed by atoms with van der Waals surface area (Å²) >= 11 is 0. The molecule has 3 unspecified atom stereocenters. The molecule has 6 nitrogen and oxygen atoms in total. The first-order valence-corrected chi connectivity index (χ1v) is 17.4. The van der Waals surface area contributed by atoms with Gasteiger partial charge in [0.2, 0.25) is 0 Å². The molecule has 0 spiro atoms. The number of nitrogens with zero attached hydrogens (tertiary/aromatic N) is 2. The van der Waals surface area contributed by atoms with Crippen molar-refractivity contribution >= 4 is 65.7 Å². The van der Waals surface area contributed by atoms with E-state index < -0.39 is 0 Å². The SMILES string of the molecule is c1ccc(-c2cccc3c2oc2c3ccc3c2oc2cccc(C4[N-]C(n5c6ccccc6c6ccccc65)NC(c5ccccc5)N4)c23)cc1. The molecular weight excluding hydrogens is 629 g/mol. The summed E-state index contributed by atoms with van der Waals surface area (Å²) in [5.41, 5.74) is 9.84. The molecule has 3 aromatic heterocycles. The van der Waals surface area contributed by atoms with Crippen LogP contribution in [0.2, 0.25) is 0 Å². The standard InChI is InChI=1S/C45H31N4O2/c1-3-13-27(14-4-1)29-19-11-20-32-33-25-26-34-39-35(21-12-24-38(39)50-42(34)41(33)51-40(29)32)44-46-43(28-15-5-2-6-16-28)47-45(48-44)49-36-22-9-7-17-30(36)31-18-8-10-23-37(31)49/h1-26,43-47H/q-1. The Kier molecular flexibility index (Phi) is 6.27. The van der Waals surface area contributed by atoms with E-state index in [0.29, 0.717) is 0 Å². The molecule has 1 saturated heterocycles. The smallest absolute Gasteiger partial charge is 0.178 e. The van der Waals surface area contributed by atoms with Gasteiger partial charge in [0.25, 0.3) is 0 Å². The van der Waals surface area contributed by atoms with Crippen LogP contribution in [-0.4, -0.2) is 4.57 Å². The van der Waals surface area contributed by atoms with Crippen LogP contribution in [-0.2, 0) is 0 Å². The predicted octanol–water partition coefficient (Wildman–Crippen LogP) is 11.7. The molecule has 7 aromatic carbocycles. The maximum Gasteiger partial charge on any atom is 0.178 e. The van der Waals surface area contributed by atoms with Gasteiger partial charge in [0.05, 0.1) is 6.17 Å². The van der Waals surface area contributed by atoms with Crippen molar-refractivity contribution in [3.05, 3.63) is 174 Å². The minimum atomic E-state index is -0.349. The van der Waals surface area contributed by atoms with E-state index in [4.69, 9.17) is 14.2 Å². The highest BCUT2D eigenvalue weighted by atomic mass is 16.4. The second-order valence-corrected chi connectivity index (χ2v) is 13.3. The second-order valence-electron chi connectivity index (χ2n) is 13.3. The minimum Gasteiger partial charge on any atom is -0.610 e. The number of hydrogen-bond acceptors (Lipinski definition) is 4. The second kappa shape index (κ2) is 11.2. The van der Waals surface area contributed by atoms with Gasteiger partial charge in [-0.1, -0.05) is 134 Å². The number of benzene rings is 7. The molecule has 0 amide bonds. The maximum absolute atomic E-state index is 6.74. The monoisotopic (exact) mass is 659 g/mol. The summed E-state index contributed by atoms with van der Waals surface area (Å²) in [4.78, 5) is 0. The molecule has 11 rings (SSSR count). The van der Waals surface area contributed by atoms with Gasteiger partial charge in [0, 0.05) is 48.9 Å². The molecular formula is C45H31N4O2-. The fourth-order valence-corrected chi connectivity index (χ4v) is 8.19. The summed E-state index contributed by atoms with van der Waals surface area (Å²) in [5.74, 6) is 0. The van der Waals surface area contributed by atoms with E-state index in [9.17, 15) is 0 Å². The largest absolute Gasteiger partial charge is 0.610 e. The summed E-state index contributed by atoms with van der Waals surface area (Å²) in [6.45, 7) is 0. The summed E-state index contributed by atoms with van der Waals surface area (Å²) in [5, 5.41) is 19.8. The van der Waals surface area contributed by atoms with Gasteiger partial charge in [0.15, 0.2) is 11.2 Å². The molecule has 2 N–H and O–H groups in total. The summed E-state index contributed by atoms with van der Waals surface area (Å²) in [6.07, 6.45) is -0.856. The van der Waals surface area contributed by atoms with Crippen LogP contribution >= 0.6 is 0 Å². The minimum absolute atomic E-state index is 0.162. The first-order valence-electron chi connectivity index (χ1n) is 17.4. The Bertz CT molecular complexity index is 2870. The van der Waals surface area contributed by atoms with Crippen molar-refractivity contribution in [2.75, 3.05) is 0 Å². The van der Waals surface area contributed by atoms with Gasteiger partial charge < -0.3 is 24.0 Å². The fourth-order valence-electron chi connectivity index (χ4n) is 8.19.